The van der Waals surface area contributed by atoms with Crippen molar-refractivity contribution >= 4 is 5.97 Å². The molecule has 0 aromatic heterocycles. The minimum atomic E-state index is -0.144. The van der Waals surface area contributed by atoms with E-state index < -0.39 is 0 Å². The Morgan fingerprint density at radius 2 is 2.12 bits per heavy atom. The van der Waals surface area contributed by atoms with Gasteiger partial charge in [0.05, 0.1) is 5.56 Å². The van der Waals surface area contributed by atoms with Gasteiger partial charge >= 0.3 is 5.97 Å². The summed E-state index contributed by atoms with van der Waals surface area (Å²) in [5.41, 5.74) is 1.83. The Morgan fingerprint density at radius 1 is 1.24 bits per heavy atom. The zero-order valence-electron chi connectivity index (χ0n) is 9.82. The predicted molar refractivity (Wildman–Crippen MR) is 63.7 cm³/mol. The maximum atomic E-state index is 12.1. The van der Waals surface area contributed by atoms with E-state index in [9.17, 15) is 4.79 Å². The molecule has 2 saturated carbocycles. The molecule has 1 aliphatic heterocycles. The second-order valence-corrected chi connectivity index (χ2v) is 5.87. The molecule has 2 bridgehead atoms. The van der Waals surface area contributed by atoms with Crippen molar-refractivity contribution in [3.05, 3.63) is 35.4 Å². The van der Waals surface area contributed by atoms with Gasteiger partial charge in [-0.2, -0.15) is 0 Å². The van der Waals surface area contributed by atoms with Crippen molar-refractivity contribution in [2.75, 3.05) is 0 Å². The van der Waals surface area contributed by atoms with Gasteiger partial charge in [-0.15, -0.1) is 0 Å². The van der Waals surface area contributed by atoms with Crippen molar-refractivity contribution in [1.29, 1.82) is 0 Å². The summed E-state index contributed by atoms with van der Waals surface area (Å²) in [6.45, 7) is 0. The highest BCUT2D eigenvalue weighted by Crippen LogP contribution is 2.55. The lowest BCUT2D eigenvalue weighted by Crippen LogP contribution is -2.45. The fourth-order valence-electron chi connectivity index (χ4n) is 4.21. The molecule has 1 spiro atoms. The average molecular weight is 228 g/mol. The molecule has 0 N–H and O–H groups in total. The predicted octanol–water partition coefficient (Wildman–Crippen LogP) is 2.96. The zero-order valence-corrected chi connectivity index (χ0v) is 9.82. The van der Waals surface area contributed by atoms with Gasteiger partial charge in [0.2, 0.25) is 0 Å². The van der Waals surface area contributed by atoms with Gasteiger partial charge in [0.15, 0.2) is 0 Å². The fraction of sp³-hybridized carbons (Fsp3) is 0.533. The van der Waals surface area contributed by atoms with Crippen molar-refractivity contribution in [3.63, 3.8) is 0 Å². The van der Waals surface area contributed by atoms with Crippen LogP contribution in [0.4, 0.5) is 0 Å². The number of ether oxygens (including phenoxy) is 1. The summed E-state index contributed by atoms with van der Waals surface area (Å²) in [6, 6.07) is 7.92. The molecule has 1 aromatic carbocycles. The van der Waals surface area contributed by atoms with Crippen LogP contribution in [0.1, 0.15) is 41.6 Å². The monoisotopic (exact) mass is 228 g/mol. The SMILES string of the molecule is O=C1OC2(Cc3ccccc31)CC1CCC2C1. The maximum absolute atomic E-state index is 12.1. The van der Waals surface area contributed by atoms with Gasteiger partial charge in [-0.25, -0.2) is 4.79 Å². The summed E-state index contributed by atoms with van der Waals surface area (Å²) in [5, 5.41) is 0. The van der Waals surface area contributed by atoms with Crippen molar-refractivity contribution in [1.82, 2.24) is 0 Å². The number of hydrogen-bond acceptors (Lipinski definition) is 2. The third kappa shape index (κ3) is 1.24. The van der Waals surface area contributed by atoms with Crippen molar-refractivity contribution < 1.29 is 9.53 Å². The number of rotatable bonds is 0. The molecule has 1 heterocycles. The molecular formula is C15H16O2. The van der Waals surface area contributed by atoms with Gasteiger partial charge in [0, 0.05) is 6.42 Å². The standard InChI is InChI=1S/C15H16O2/c16-14-13-4-2-1-3-11(13)9-15(17-14)8-10-5-6-12(15)7-10/h1-4,10,12H,5-9H2. The highest BCUT2D eigenvalue weighted by molar-refractivity contribution is 5.92. The van der Waals surface area contributed by atoms with Crippen LogP contribution in [-0.2, 0) is 11.2 Å². The Bertz CT molecular complexity index is 493. The molecule has 2 nitrogen and oxygen atoms in total. The van der Waals surface area contributed by atoms with E-state index in [1.165, 1.54) is 24.8 Å². The lowest BCUT2D eigenvalue weighted by molar-refractivity contribution is -0.0542. The van der Waals surface area contributed by atoms with Crippen LogP contribution in [-0.4, -0.2) is 11.6 Å². The summed E-state index contributed by atoms with van der Waals surface area (Å²) >= 11 is 0. The molecule has 3 aliphatic rings. The smallest absolute Gasteiger partial charge is 0.338 e. The summed E-state index contributed by atoms with van der Waals surface area (Å²) in [6.07, 6.45) is 5.90. The summed E-state index contributed by atoms with van der Waals surface area (Å²) < 4.78 is 5.86. The first kappa shape index (κ1) is 9.69. The van der Waals surface area contributed by atoms with E-state index in [2.05, 4.69) is 6.07 Å². The van der Waals surface area contributed by atoms with Crippen LogP contribution in [0.3, 0.4) is 0 Å². The van der Waals surface area contributed by atoms with Gasteiger partial charge in [-0.1, -0.05) is 18.2 Å². The molecule has 0 radical (unpaired) electrons. The first-order chi connectivity index (χ1) is 8.27. The lowest BCUT2D eigenvalue weighted by atomic mass is 9.77. The number of fused-ring (bicyclic) bond motifs is 4. The first-order valence-corrected chi connectivity index (χ1v) is 6.58. The van der Waals surface area contributed by atoms with Crippen LogP contribution in [0.25, 0.3) is 0 Å². The summed E-state index contributed by atoms with van der Waals surface area (Å²) in [5.74, 6) is 1.32. The second-order valence-electron chi connectivity index (χ2n) is 5.87. The number of hydrogen-bond donors (Lipinski definition) is 0. The lowest BCUT2D eigenvalue weighted by Gasteiger charge is -2.40. The molecule has 2 heteroatoms. The van der Waals surface area contributed by atoms with Gasteiger partial charge in [0.25, 0.3) is 0 Å². The van der Waals surface area contributed by atoms with E-state index in [1.807, 2.05) is 18.2 Å². The van der Waals surface area contributed by atoms with Crippen LogP contribution in [0.2, 0.25) is 0 Å². The molecule has 4 rings (SSSR count). The Balaban J connectivity index is 1.77. The molecule has 88 valence electrons. The van der Waals surface area contributed by atoms with E-state index in [1.54, 1.807) is 0 Å². The van der Waals surface area contributed by atoms with Crippen molar-refractivity contribution in [2.24, 2.45) is 11.8 Å². The normalized spacial score (nSPS) is 38.2. The van der Waals surface area contributed by atoms with E-state index in [0.717, 1.165) is 24.3 Å². The Hall–Kier alpha value is -1.31. The molecule has 0 saturated heterocycles. The fourth-order valence-corrected chi connectivity index (χ4v) is 4.21. The Labute approximate surface area is 101 Å². The van der Waals surface area contributed by atoms with Crippen LogP contribution < -0.4 is 0 Å². The molecular weight excluding hydrogens is 212 g/mol. The molecule has 2 fully saturated rings. The van der Waals surface area contributed by atoms with E-state index >= 15 is 0 Å². The van der Waals surface area contributed by atoms with Crippen molar-refractivity contribution in [2.45, 2.75) is 37.7 Å². The molecule has 17 heavy (non-hydrogen) atoms. The summed E-state index contributed by atoms with van der Waals surface area (Å²) in [4.78, 5) is 12.1. The molecule has 3 atom stereocenters. The van der Waals surface area contributed by atoms with Crippen molar-refractivity contribution in [3.8, 4) is 0 Å². The average Bonchev–Trinajstić information content (AvgIpc) is 2.89. The number of carbonyl (C=O) groups is 1. The van der Waals surface area contributed by atoms with Gasteiger partial charge in [-0.05, 0) is 49.1 Å². The zero-order chi connectivity index (χ0) is 11.5. The van der Waals surface area contributed by atoms with E-state index in [-0.39, 0.29) is 11.6 Å². The van der Waals surface area contributed by atoms with Crippen LogP contribution in [0.5, 0.6) is 0 Å². The third-order valence-electron chi connectivity index (χ3n) is 4.94. The first-order valence-electron chi connectivity index (χ1n) is 6.58. The molecule has 1 aromatic rings. The van der Waals surface area contributed by atoms with Gasteiger partial charge in [-0.3, -0.25) is 0 Å². The van der Waals surface area contributed by atoms with E-state index in [0.29, 0.717) is 5.92 Å². The summed E-state index contributed by atoms with van der Waals surface area (Å²) in [7, 11) is 0. The Kier molecular flexibility index (Phi) is 1.78. The largest absolute Gasteiger partial charge is 0.455 e. The number of esters is 1. The van der Waals surface area contributed by atoms with Crippen LogP contribution in [0, 0.1) is 11.8 Å². The van der Waals surface area contributed by atoms with E-state index in [4.69, 9.17) is 4.74 Å². The highest BCUT2D eigenvalue weighted by atomic mass is 16.6. The quantitative estimate of drug-likeness (QED) is 0.638. The number of benzene rings is 1. The highest BCUT2D eigenvalue weighted by Gasteiger charge is 2.55. The van der Waals surface area contributed by atoms with Gasteiger partial charge < -0.3 is 4.74 Å². The molecule has 0 amide bonds. The minimum absolute atomic E-state index is 0.0978. The van der Waals surface area contributed by atoms with Crippen LogP contribution >= 0.6 is 0 Å². The maximum Gasteiger partial charge on any atom is 0.338 e. The second kappa shape index (κ2) is 3.12. The minimum Gasteiger partial charge on any atom is -0.455 e. The third-order valence-corrected chi connectivity index (χ3v) is 4.94. The molecule has 2 aliphatic carbocycles. The number of carbonyl (C=O) groups excluding carboxylic acids is 1. The Morgan fingerprint density at radius 3 is 2.88 bits per heavy atom. The molecule has 3 unspecified atom stereocenters. The van der Waals surface area contributed by atoms with Gasteiger partial charge in [0.1, 0.15) is 5.60 Å². The van der Waals surface area contributed by atoms with Crippen LogP contribution in [0.15, 0.2) is 24.3 Å². The topological polar surface area (TPSA) is 26.3 Å².